The lowest BCUT2D eigenvalue weighted by molar-refractivity contribution is -0.117. The standard InChI is InChI=1S/C15H24N2O2/c1-15(2,3)9-11-19-10-8-14(18)17-13-6-4-12(16)5-7-13/h4-7H,8-11,16H2,1-3H3,(H,17,18). The molecule has 0 saturated heterocycles. The molecule has 1 amide bonds. The van der Waals surface area contributed by atoms with Gasteiger partial charge in [-0.15, -0.1) is 0 Å². The highest BCUT2D eigenvalue weighted by Crippen LogP contribution is 2.17. The summed E-state index contributed by atoms with van der Waals surface area (Å²) in [5.74, 6) is -0.0412. The number of anilines is 2. The van der Waals surface area contributed by atoms with Crippen molar-refractivity contribution in [1.29, 1.82) is 0 Å². The molecule has 0 aromatic heterocycles. The lowest BCUT2D eigenvalue weighted by Crippen LogP contribution is -2.15. The van der Waals surface area contributed by atoms with E-state index in [1.54, 1.807) is 24.3 Å². The Hall–Kier alpha value is -1.55. The van der Waals surface area contributed by atoms with Crippen molar-refractivity contribution in [1.82, 2.24) is 0 Å². The van der Waals surface area contributed by atoms with Crippen LogP contribution in [0.1, 0.15) is 33.6 Å². The van der Waals surface area contributed by atoms with E-state index in [1.165, 1.54) is 0 Å². The fraction of sp³-hybridized carbons (Fsp3) is 0.533. The predicted octanol–water partition coefficient (Wildman–Crippen LogP) is 3.05. The zero-order valence-corrected chi connectivity index (χ0v) is 12.0. The maximum atomic E-state index is 11.6. The van der Waals surface area contributed by atoms with Crippen LogP contribution in [0.15, 0.2) is 24.3 Å². The molecule has 1 rings (SSSR count). The SMILES string of the molecule is CC(C)(C)CCOCCC(=O)Nc1ccc(N)cc1. The first-order chi connectivity index (χ1) is 8.87. The summed E-state index contributed by atoms with van der Waals surface area (Å²) in [6, 6.07) is 7.09. The Balaban J connectivity index is 2.16. The van der Waals surface area contributed by atoms with Crippen LogP contribution in [0.25, 0.3) is 0 Å². The van der Waals surface area contributed by atoms with Crippen LogP contribution in [-0.4, -0.2) is 19.1 Å². The number of nitrogens with one attached hydrogen (secondary N) is 1. The van der Waals surface area contributed by atoms with Gasteiger partial charge in [-0.05, 0) is 36.1 Å². The maximum Gasteiger partial charge on any atom is 0.226 e. The third-order valence-corrected chi connectivity index (χ3v) is 2.66. The minimum Gasteiger partial charge on any atom is -0.399 e. The van der Waals surface area contributed by atoms with E-state index in [-0.39, 0.29) is 11.3 Å². The second-order valence-electron chi connectivity index (χ2n) is 5.84. The minimum atomic E-state index is -0.0412. The minimum absolute atomic E-state index is 0.0412. The normalized spacial score (nSPS) is 11.3. The number of rotatable bonds is 6. The monoisotopic (exact) mass is 264 g/mol. The van der Waals surface area contributed by atoms with Crippen LogP contribution >= 0.6 is 0 Å². The van der Waals surface area contributed by atoms with Gasteiger partial charge in [0.1, 0.15) is 0 Å². The quantitative estimate of drug-likeness (QED) is 0.613. The molecule has 4 nitrogen and oxygen atoms in total. The average molecular weight is 264 g/mol. The Morgan fingerprint density at radius 1 is 1.21 bits per heavy atom. The van der Waals surface area contributed by atoms with Crippen molar-refractivity contribution in [3.05, 3.63) is 24.3 Å². The second-order valence-corrected chi connectivity index (χ2v) is 5.84. The molecule has 0 aliphatic heterocycles. The molecule has 1 aromatic rings. The summed E-state index contributed by atoms with van der Waals surface area (Å²) in [6.07, 6.45) is 1.36. The van der Waals surface area contributed by atoms with Crippen molar-refractivity contribution < 1.29 is 9.53 Å². The molecular weight excluding hydrogens is 240 g/mol. The number of ether oxygens (including phenoxy) is 1. The highest BCUT2D eigenvalue weighted by atomic mass is 16.5. The van der Waals surface area contributed by atoms with Gasteiger partial charge in [0.2, 0.25) is 5.91 Å². The molecule has 0 aliphatic carbocycles. The van der Waals surface area contributed by atoms with Crippen LogP contribution in [0.2, 0.25) is 0 Å². The van der Waals surface area contributed by atoms with Crippen LogP contribution in [-0.2, 0) is 9.53 Å². The number of carbonyl (C=O) groups excluding carboxylic acids is 1. The summed E-state index contributed by atoms with van der Waals surface area (Å²) in [7, 11) is 0. The van der Waals surface area contributed by atoms with E-state index in [0.717, 1.165) is 12.1 Å². The molecule has 0 spiro atoms. The highest BCUT2D eigenvalue weighted by molar-refractivity contribution is 5.90. The number of nitrogen functional groups attached to an aromatic ring is 1. The third kappa shape index (κ3) is 7.47. The van der Waals surface area contributed by atoms with Crippen molar-refractivity contribution in [3.8, 4) is 0 Å². The maximum absolute atomic E-state index is 11.6. The molecule has 1 aromatic carbocycles. The van der Waals surface area contributed by atoms with Gasteiger partial charge in [-0.1, -0.05) is 20.8 Å². The van der Waals surface area contributed by atoms with Crippen LogP contribution in [0.5, 0.6) is 0 Å². The van der Waals surface area contributed by atoms with Gasteiger partial charge in [0.25, 0.3) is 0 Å². The molecule has 4 heteroatoms. The number of hydrogen-bond acceptors (Lipinski definition) is 3. The van der Waals surface area contributed by atoms with E-state index in [4.69, 9.17) is 10.5 Å². The van der Waals surface area contributed by atoms with E-state index in [0.29, 0.717) is 25.3 Å². The van der Waals surface area contributed by atoms with Gasteiger partial charge in [0, 0.05) is 18.0 Å². The molecule has 0 heterocycles. The van der Waals surface area contributed by atoms with E-state index in [9.17, 15) is 4.79 Å². The zero-order valence-electron chi connectivity index (χ0n) is 12.0. The Kier molecular flexibility index (Phi) is 5.83. The van der Waals surface area contributed by atoms with Crippen molar-refractivity contribution in [3.63, 3.8) is 0 Å². The largest absolute Gasteiger partial charge is 0.399 e. The summed E-state index contributed by atoms with van der Waals surface area (Å²) in [6.45, 7) is 7.66. The van der Waals surface area contributed by atoms with E-state index >= 15 is 0 Å². The molecule has 0 radical (unpaired) electrons. The Labute approximate surface area is 115 Å². The van der Waals surface area contributed by atoms with Gasteiger partial charge >= 0.3 is 0 Å². The summed E-state index contributed by atoms with van der Waals surface area (Å²) < 4.78 is 5.46. The first kappa shape index (κ1) is 15.5. The van der Waals surface area contributed by atoms with E-state index in [2.05, 4.69) is 26.1 Å². The number of carbonyl (C=O) groups is 1. The Morgan fingerprint density at radius 2 is 1.84 bits per heavy atom. The molecular formula is C15H24N2O2. The molecule has 0 bridgehead atoms. The van der Waals surface area contributed by atoms with E-state index in [1.807, 2.05) is 0 Å². The Bertz CT molecular complexity index is 394. The van der Waals surface area contributed by atoms with Gasteiger partial charge in [0.15, 0.2) is 0 Å². The topological polar surface area (TPSA) is 64.3 Å². The molecule has 3 N–H and O–H groups in total. The fourth-order valence-corrected chi connectivity index (χ4v) is 1.44. The highest BCUT2D eigenvalue weighted by Gasteiger charge is 2.09. The number of nitrogens with two attached hydrogens (primary N) is 1. The molecule has 0 saturated carbocycles. The summed E-state index contributed by atoms with van der Waals surface area (Å²) >= 11 is 0. The molecule has 19 heavy (non-hydrogen) atoms. The Morgan fingerprint density at radius 3 is 2.42 bits per heavy atom. The average Bonchev–Trinajstić information content (AvgIpc) is 2.30. The van der Waals surface area contributed by atoms with Crippen molar-refractivity contribution in [2.45, 2.75) is 33.6 Å². The number of benzene rings is 1. The fourth-order valence-electron chi connectivity index (χ4n) is 1.44. The predicted molar refractivity (Wildman–Crippen MR) is 79.0 cm³/mol. The van der Waals surface area contributed by atoms with Gasteiger partial charge < -0.3 is 15.8 Å². The van der Waals surface area contributed by atoms with E-state index < -0.39 is 0 Å². The van der Waals surface area contributed by atoms with Crippen molar-refractivity contribution in [2.24, 2.45) is 5.41 Å². The van der Waals surface area contributed by atoms with Crippen molar-refractivity contribution >= 4 is 17.3 Å². The summed E-state index contributed by atoms with van der Waals surface area (Å²) in [4.78, 5) is 11.6. The second kappa shape index (κ2) is 7.14. The number of hydrogen-bond donors (Lipinski definition) is 2. The zero-order chi connectivity index (χ0) is 14.3. The van der Waals surface area contributed by atoms with Crippen molar-refractivity contribution in [2.75, 3.05) is 24.3 Å². The van der Waals surface area contributed by atoms with Crippen LogP contribution < -0.4 is 11.1 Å². The van der Waals surface area contributed by atoms with Gasteiger partial charge in [-0.25, -0.2) is 0 Å². The molecule has 0 unspecified atom stereocenters. The summed E-state index contributed by atoms with van der Waals surface area (Å²) in [5, 5.41) is 2.80. The van der Waals surface area contributed by atoms with Crippen LogP contribution in [0.3, 0.4) is 0 Å². The lowest BCUT2D eigenvalue weighted by atomic mass is 9.93. The molecule has 0 fully saturated rings. The third-order valence-electron chi connectivity index (χ3n) is 2.66. The first-order valence-corrected chi connectivity index (χ1v) is 6.60. The summed E-state index contributed by atoms with van der Waals surface area (Å²) in [5.41, 5.74) is 7.29. The number of amides is 1. The smallest absolute Gasteiger partial charge is 0.226 e. The van der Waals surface area contributed by atoms with Gasteiger partial charge in [-0.2, -0.15) is 0 Å². The molecule has 0 aliphatic rings. The van der Waals surface area contributed by atoms with Gasteiger partial charge in [0.05, 0.1) is 13.0 Å². The molecule has 106 valence electrons. The molecule has 0 atom stereocenters. The lowest BCUT2D eigenvalue weighted by Gasteiger charge is -2.17. The van der Waals surface area contributed by atoms with Gasteiger partial charge in [-0.3, -0.25) is 4.79 Å². The first-order valence-electron chi connectivity index (χ1n) is 6.60. The van der Waals surface area contributed by atoms with Crippen LogP contribution in [0.4, 0.5) is 11.4 Å². The van der Waals surface area contributed by atoms with Crippen LogP contribution in [0, 0.1) is 5.41 Å².